The zero-order valence-corrected chi connectivity index (χ0v) is 14.3. The fourth-order valence-electron chi connectivity index (χ4n) is 2.44. The molecule has 1 N–H and O–H groups in total. The molecule has 2 aromatic rings. The molecule has 0 radical (unpaired) electrons. The number of para-hydroxylation sites is 3. The van der Waals surface area contributed by atoms with Crippen LogP contribution in [-0.4, -0.2) is 26.9 Å². The van der Waals surface area contributed by atoms with E-state index in [-0.39, 0.29) is 19.0 Å². The van der Waals surface area contributed by atoms with Gasteiger partial charge in [0.15, 0.2) is 0 Å². The van der Waals surface area contributed by atoms with E-state index >= 15 is 0 Å². The van der Waals surface area contributed by atoms with Crippen LogP contribution < -0.4 is 14.4 Å². The molecular weight excluding hydrogens is 336 g/mol. The van der Waals surface area contributed by atoms with Gasteiger partial charge in [-0.1, -0.05) is 37.3 Å². The van der Waals surface area contributed by atoms with E-state index in [1.165, 1.54) is 4.31 Å². The predicted octanol–water partition coefficient (Wildman–Crippen LogP) is 2.90. The third kappa shape index (κ3) is 3.29. The van der Waals surface area contributed by atoms with E-state index in [0.717, 1.165) is 0 Å². The van der Waals surface area contributed by atoms with Crippen LogP contribution in [0.15, 0.2) is 54.6 Å². The molecule has 5 nitrogen and oxygen atoms in total. The minimum absolute atomic E-state index is 0. The maximum Gasteiger partial charge on any atom is 0.279 e. The summed E-state index contributed by atoms with van der Waals surface area (Å²) >= 11 is 0. The first-order valence-electron chi connectivity index (χ1n) is 7.20. The van der Waals surface area contributed by atoms with Crippen LogP contribution in [0.25, 0.3) is 0 Å². The number of rotatable bonds is 4. The zero-order chi connectivity index (χ0) is 15.6. The van der Waals surface area contributed by atoms with Gasteiger partial charge in [-0.15, -0.1) is 12.4 Å². The second kappa shape index (κ2) is 7.21. The number of anilines is 2. The lowest BCUT2D eigenvalue weighted by atomic mass is 10.2. The van der Waals surface area contributed by atoms with E-state index in [9.17, 15) is 8.42 Å². The summed E-state index contributed by atoms with van der Waals surface area (Å²) < 4.78 is 33.0. The summed E-state index contributed by atoms with van der Waals surface area (Å²) in [5.41, 5.74) is 0.212. The van der Waals surface area contributed by atoms with Gasteiger partial charge in [-0.3, -0.25) is 0 Å². The molecule has 1 unspecified atom stereocenters. The van der Waals surface area contributed by atoms with Gasteiger partial charge in [0, 0.05) is 6.54 Å². The van der Waals surface area contributed by atoms with Crippen LogP contribution in [0.4, 0.5) is 11.4 Å². The van der Waals surface area contributed by atoms with E-state index < -0.39 is 15.5 Å². The Morgan fingerprint density at radius 1 is 1.09 bits per heavy atom. The number of nitrogens with zero attached hydrogens (tertiary/aromatic N) is 1. The van der Waals surface area contributed by atoms with Crippen molar-refractivity contribution in [3.63, 3.8) is 0 Å². The molecule has 3 rings (SSSR count). The molecule has 7 heteroatoms. The Morgan fingerprint density at radius 2 is 1.74 bits per heavy atom. The number of halogens is 1. The molecule has 1 aliphatic heterocycles. The van der Waals surface area contributed by atoms with Crippen molar-refractivity contribution in [1.82, 2.24) is 5.32 Å². The lowest BCUT2D eigenvalue weighted by Gasteiger charge is -2.35. The van der Waals surface area contributed by atoms with E-state index in [2.05, 4.69) is 5.32 Å². The summed E-state index contributed by atoms with van der Waals surface area (Å²) in [6.45, 7) is 2.86. The van der Waals surface area contributed by atoms with Crippen LogP contribution in [-0.2, 0) is 10.0 Å². The smallest absolute Gasteiger partial charge is 0.279 e. The Balaban J connectivity index is 0.00000192. The minimum atomic E-state index is -3.65. The summed E-state index contributed by atoms with van der Waals surface area (Å²) in [4.78, 5) is 0. The van der Waals surface area contributed by atoms with E-state index in [1.807, 2.05) is 31.2 Å². The molecule has 0 aliphatic carbocycles. The maximum atomic E-state index is 12.9. The molecule has 0 fully saturated rings. The Morgan fingerprint density at radius 3 is 2.43 bits per heavy atom. The van der Waals surface area contributed by atoms with E-state index in [1.54, 1.807) is 30.3 Å². The average Bonchev–Trinajstić information content (AvgIpc) is 2.53. The van der Waals surface area contributed by atoms with Gasteiger partial charge in [0.25, 0.3) is 10.0 Å². The van der Waals surface area contributed by atoms with Crippen LogP contribution in [0.3, 0.4) is 0 Å². The van der Waals surface area contributed by atoms with Gasteiger partial charge >= 0.3 is 0 Å². The van der Waals surface area contributed by atoms with Gasteiger partial charge < -0.3 is 10.1 Å². The fourth-order valence-corrected chi connectivity index (χ4v) is 4.07. The number of sulfonamides is 1. The first kappa shape index (κ1) is 17.6. The number of hydrogen-bond donors (Lipinski definition) is 1. The summed E-state index contributed by atoms with van der Waals surface area (Å²) in [5.74, 6) is 0.573. The van der Waals surface area contributed by atoms with Crippen LogP contribution >= 0.6 is 12.4 Å². The molecule has 1 heterocycles. The second-order valence-corrected chi connectivity index (χ2v) is 6.89. The van der Waals surface area contributed by atoms with Gasteiger partial charge in [0.2, 0.25) is 5.44 Å². The van der Waals surface area contributed by atoms with Crippen molar-refractivity contribution in [2.45, 2.75) is 12.4 Å². The number of ether oxygens (including phenoxy) is 1. The molecule has 0 saturated carbocycles. The van der Waals surface area contributed by atoms with Crippen molar-refractivity contribution < 1.29 is 13.2 Å². The highest BCUT2D eigenvalue weighted by molar-refractivity contribution is 7.93. The highest BCUT2D eigenvalue weighted by Gasteiger charge is 2.40. The van der Waals surface area contributed by atoms with Gasteiger partial charge in [-0.25, -0.2) is 12.7 Å². The first-order chi connectivity index (χ1) is 10.6. The largest absolute Gasteiger partial charge is 0.469 e. The van der Waals surface area contributed by atoms with Gasteiger partial charge in [0.1, 0.15) is 5.75 Å². The van der Waals surface area contributed by atoms with Crippen LogP contribution in [0.2, 0.25) is 0 Å². The van der Waals surface area contributed by atoms with Crippen molar-refractivity contribution in [1.29, 1.82) is 0 Å². The average molecular weight is 355 g/mol. The molecule has 0 spiro atoms. The topological polar surface area (TPSA) is 58.6 Å². The lowest BCUT2D eigenvalue weighted by molar-refractivity contribution is 0.264. The number of likely N-dealkylation sites (N-methyl/N-ethyl adjacent to an activating group) is 1. The van der Waals surface area contributed by atoms with Gasteiger partial charge in [-0.05, 0) is 30.8 Å². The minimum Gasteiger partial charge on any atom is -0.469 e. The van der Waals surface area contributed by atoms with Crippen LogP contribution in [0.1, 0.15) is 6.92 Å². The molecule has 2 aromatic carbocycles. The van der Waals surface area contributed by atoms with Gasteiger partial charge in [0.05, 0.1) is 11.4 Å². The van der Waals surface area contributed by atoms with Crippen molar-refractivity contribution in [2.24, 2.45) is 0 Å². The predicted molar refractivity (Wildman–Crippen MR) is 94.2 cm³/mol. The van der Waals surface area contributed by atoms with Crippen molar-refractivity contribution in [3.05, 3.63) is 54.6 Å². The van der Waals surface area contributed by atoms with Crippen molar-refractivity contribution >= 4 is 33.8 Å². The van der Waals surface area contributed by atoms with Crippen molar-refractivity contribution in [3.8, 4) is 5.75 Å². The summed E-state index contributed by atoms with van der Waals surface area (Å²) in [5, 5.41) is 3.05. The molecule has 124 valence electrons. The number of hydrogen-bond acceptors (Lipinski definition) is 4. The lowest BCUT2D eigenvalue weighted by Crippen LogP contribution is -2.47. The van der Waals surface area contributed by atoms with Crippen LogP contribution in [0, 0.1) is 0 Å². The number of fused-ring (bicyclic) bond motifs is 1. The highest BCUT2D eigenvalue weighted by Crippen LogP contribution is 2.41. The summed E-state index contributed by atoms with van der Waals surface area (Å²) in [6, 6.07) is 16.3. The van der Waals surface area contributed by atoms with Crippen molar-refractivity contribution in [2.75, 3.05) is 17.4 Å². The Labute approximate surface area is 142 Å². The SMILES string of the molecule is CCNCC1Oc2ccccc2N(c2ccccc2)S1(=O)=O.Cl. The molecule has 1 aliphatic rings. The van der Waals surface area contributed by atoms with E-state index in [4.69, 9.17) is 4.74 Å². The van der Waals surface area contributed by atoms with Crippen LogP contribution in [0.5, 0.6) is 5.75 Å². The molecule has 0 aromatic heterocycles. The summed E-state index contributed by atoms with van der Waals surface area (Å²) in [7, 11) is -3.65. The highest BCUT2D eigenvalue weighted by atomic mass is 35.5. The second-order valence-electron chi connectivity index (χ2n) is 4.97. The maximum absolute atomic E-state index is 12.9. The van der Waals surface area contributed by atoms with Gasteiger partial charge in [-0.2, -0.15) is 0 Å². The first-order valence-corrected chi connectivity index (χ1v) is 8.70. The normalized spacial score (nSPS) is 18.5. The third-order valence-corrected chi connectivity index (χ3v) is 5.32. The third-order valence-electron chi connectivity index (χ3n) is 3.48. The standard InChI is InChI=1S/C16H18N2O3S.ClH/c1-2-17-12-16-21-15-11-7-6-10-14(15)18(22(16,19)20)13-8-4-3-5-9-13;/h3-11,16-17H,2,12H2,1H3;1H. The fraction of sp³-hybridized carbons (Fsp3) is 0.250. The van der Waals surface area contributed by atoms with E-state index in [0.29, 0.717) is 23.7 Å². The molecule has 1 atom stereocenters. The Kier molecular flexibility index (Phi) is 5.51. The molecule has 0 bridgehead atoms. The molecular formula is C16H19ClN2O3S. The number of benzene rings is 2. The molecule has 0 amide bonds. The quantitative estimate of drug-likeness (QED) is 0.917. The Bertz CT molecular complexity index is 753. The zero-order valence-electron chi connectivity index (χ0n) is 12.7. The monoisotopic (exact) mass is 354 g/mol. The Hall–Kier alpha value is -1.76. The number of nitrogens with one attached hydrogen (secondary N) is 1. The summed E-state index contributed by atoms with van der Waals surface area (Å²) in [6.07, 6.45) is 0. The molecule has 0 saturated heterocycles. The molecule has 23 heavy (non-hydrogen) atoms.